The Morgan fingerprint density at radius 2 is 1.74 bits per heavy atom. The molecule has 0 bridgehead atoms. The predicted molar refractivity (Wildman–Crippen MR) is 87.1 cm³/mol. The smallest absolute Gasteiger partial charge is 0.0772 e. The van der Waals surface area contributed by atoms with Gasteiger partial charge in [0.1, 0.15) is 0 Å². The number of halogens is 1. The van der Waals surface area contributed by atoms with E-state index in [9.17, 15) is 0 Å². The summed E-state index contributed by atoms with van der Waals surface area (Å²) in [6, 6.07) is 0. The first kappa shape index (κ1) is 17.7. The Morgan fingerprint density at radius 1 is 1.11 bits per heavy atom. The van der Waals surface area contributed by atoms with Crippen molar-refractivity contribution in [2.45, 2.75) is 45.1 Å². The van der Waals surface area contributed by atoms with Crippen LogP contribution < -0.4 is 0 Å². The Morgan fingerprint density at radius 3 is 2.26 bits per heavy atom. The average molecular weight is 384 g/mol. The molecule has 1 saturated carbocycles. The van der Waals surface area contributed by atoms with Crippen LogP contribution >= 0.6 is 22.6 Å². The molecule has 0 N–H and O–H groups in total. The van der Waals surface area contributed by atoms with E-state index >= 15 is 0 Å². The summed E-state index contributed by atoms with van der Waals surface area (Å²) < 4.78 is 17.7. The quantitative estimate of drug-likeness (QED) is 0.345. The van der Waals surface area contributed by atoms with Gasteiger partial charge in [0, 0.05) is 11.5 Å². The number of alkyl halides is 1. The molecule has 1 fully saturated rings. The lowest BCUT2D eigenvalue weighted by Gasteiger charge is -2.40. The fourth-order valence-electron chi connectivity index (χ4n) is 2.71. The molecule has 0 aromatic carbocycles. The third-order valence-electron chi connectivity index (χ3n) is 4.20. The SMILES string of the molecule is COCCOCCOC1(CI)CCC(C(C)C)CC1. The van der Waals surface area contributed by atoms with Crippen LogP contribution in [0.25, 0.3) is 0 Å². The largest absolute Gasteiger partial charge is 0.382 e. The summed E-state index contributed by atoms with van der Waals surface area (Å²) in [4.78, 5) is 0. The molecule has 0 spiro atoms. The van der Waals surface area contributed by atoms with Crippen LogP contribution in [0.3, 0.4) is 0 Å². The molecule has 1 aliphatic carbocycles. The molecule has 0 atom stereocenters. The van der Waals surface area contributed by atoms with Gasteiger partial charge in [0.05, 0.1) is 32.0 Å². The third-order valence-corrected chi connectivity index (χ3v) is 5.59. The zero-order valence-corrected chi connectivity index (χ0v) is 14.8. The van der Waals surface area contributed by atoms with Gasteiger partial charge < -0.3 is 14.2 Å². The molecule has 19 heavy (non-hydrogen) atoms. The second kappa shape index (κ2) is 9.53. The lowest BCUT2D eigenvalue weighted by Crippen LogP contribution is -2.40. The molecule has 1 rings (SSSR count). The molecule has 0 aromatic rings. The Bertz CT molecular complexity index is 225. The van der Waals surface area contributed by atoms with Crippen LogP contribution in [0.2, 0.25) is 0 Å². The molecule has 0 radical (unpaired) electrons. The van der Waals surface area contributed by atoms with Gasteiger partial charge in [-0.1, -0.05) is 36.4 Å². The molecule has 0 unspecified atom stereocenters. The van der Waals surface area contributed by atoms with Crippen LogP contribution in [0.1, 0.15) is 39.5 Å². The van der Waals surface area contributed by atoms with Gasteiger partial charge in [0.25, 0.3) is 0 Å². The van der Waals surface area contributed by atoms with E-state index in [1.165, 1.54) is 25.7 Å². The van der Waals surface area contributed by atoms with E-state index in [0.29, 0.717) is 26.4 Å². The van der Waals surface area contributed by atoms with Gasteiger partial charge in [0.2, 0.25) is 0 Å². The lowest BCUT2D eigenvalue weighted by molar-refractivity contribution is -0.0825. The average Bonchev–Trinajstić information content (AvgIpc) is 2.43. The second-order valence-electron chi connectivity index (χ2n) is 5.85. The van der Waals surface area contributed by atoms with Gasteiger partial charge >= 0.3 is 0 Å². The predicted octanol–water partition coefficient (Wildman–Crippen LogP) is 3.69. The highest BCUT2D eigenvalue weighted by Gasteiger charge is 2.35. The Balaban J connectivity index is 2.22. The van der Waals surface area contributed by atoms with Crippen LogP contribution in [0, 0.1) is 11.8 Å². The van der Waals surface area contributed by atoms with Gasteiger partial charge in [-0.05, 0) is 37.5 Å². The summed E-state index contributed by atoms with van der Waals surface area (Å²) in [7, 11) is 1.69. The van der Waals surface area contributed by atoms with Crippen molar-refractivity contribution in [2.24, 2.45) is 11.8 Å². The van der Waals surface area contributed by atoms with Crippen molar-refractivity contribution in [2.75, 3.05) is 38.0 Å². The first-order valence-electron chi connectivity index (χ1n) is 7.40. The zero-order chi connectivity index (χ0) is 14.1. The number of rotatable bonds is 9. The highest BCUT2D eigenvalue weighted by atomic mass is 127. The number of hydrogen-bond acceptors (Lipinski definition) is 3. The number of methoxy groups -OCH3 is 1. The standard InChI is InChI=1S/C15H29IO3/c1-13(2)14-4-6-15(12-16,7-5-14)19-11-10-18-9-8-17-3/h13-14H,4-12H2,1-3H3. The number of hydrogen-bond donors (Lipinski definition) is 0. The van der Waals surface area contributed by atoms with Gasteiger partial charge in [-0.3, -0.25) is 0 Å². The van der Waals surface area contributed by atoms with Gasteiger partial charge in [-0.25, -0.2) is 0 Å². The summed E-state index contributed by atoms with van der Waals surface area (Å²) in [5, 5.41) is 0. The molecular weight excluding hydrogens is 355 g/mol. The van der Waals surface area contributed by atoms with Crippen LogP contribution in [0.4, 0.5) is 0 Å². The number of ether oxygens (including phenoxy) is 3. The van der Waals surface area contributed by atoms with Crippen molar-refractivity contribution in [1.82, 2.24) is 0 Å². The maximum absolute atomic E-state index is 6.15. The minimum absolute atomic E-state index is 0.108. The molecular formula is C15H29IO3. The molecule has 1 aliphatic rings. The van der Waals surface area contributed by atoms with E-state index in [2.05, 4.69) is 36.4 Å². The Hall–Kier alpha value is 0.610. The maximum atomic E-state index is 6.15. The highest BCUT2D eigenvalue weighted by Crippen LogP contribution is 2.39. The summed E-state index contributed by atoms with van der Waals surface area (Å²) in [5.74, 6) is 1.70. The molecule has 0 aliphatic heterocycles. The first-order chi connectivity index (χ1) is 9.13. The summed E-state index contributed by atoms with van der Waals surface area (Å²) in [6.07, 6.45) is 5.03. The summed E-state index contributed by atoms with van der Waals surface area (Å²) in [6.45, 7) is 7.38. The van der Waals surface area contributed by atoms with E-state index < -0.39 is 0 Å². The Kier molecular flexibility index (Phi) is 8.86. The van der Waals surface area contributed by atoms with Crippen molar-refractivity contribution < 1.29 is 14.2 Å². The topological polar surface area (TPSA) is 27.7 Å². The molecule has 4 heteroatoms. The van der Waals surface area contributed by atoms with Gasteiger partial charge in [-0.15, -0.1) is 0 Å². The van der Waals surface area contributed by atoms with E-state index in [4.69, 9.17) is 14.2 Å². The molecule has 0 heterocycles. The van der Waals surface area contributed by atoms with Crippen molar-refractivity contribution in [3.8, 4) is 0 Å². The van der Waals surface area contributed by atoms with Crippen molar-refractivity contribution >= 4 is 22.6 Å². The van der Waals surface area contributed by atoms with E-state index in [1.54, 1.807) is 7.11 Å². The highest BCUT2D eigenvalue weighted by molar-refractivity contribution is 14.1. The van der Waals surface area contributed by atoms with Crippen LogP contribution in [0.15, 0.2) is 0 Å². The van der Waals surface area contributed by atoms with Gasteiger partial charge in [0.15, 0.2) is 0 Å². The fraction of sp³-hybridized carbons (Fsp3) is 1.00. The van der Waals surface area contributed by atoms with E-state index in [-0.39, 0.29) is 5.60 Å². The maximum Gasteiger partial charge on any atom is 0.0772 e. The van der Waals surface area contributed by atoms with E-state index in [0.717, 1.165) is 16.3 Å². The van der Waals surface area contributed by atoms with Crippen LogP contribution in [0.5, 0.6) is 0 Å². The molecule has 3 nitrogen and oxygen atoms in total. The molecule has 0 amide bonds. The van der Waals surface area contributed by atoms with Crippen molar-refractivity contribution in [1.29, 1.82) is 0 Å². The molecule has 0 saturated heterocycles. The molecule has 0 aromatic heterocycles. The summed E-state index contributed by atoms with van der Waals surface area (Å²) in [5.41, 5.74) is 0.108. The zero-order valence-electron chi connectivity index (χ0n) is 12.6. The second-order valence-corrected chi connectivity index (χ2v) is 6.61. The van der Waals surface area contributed by atoms with Crippen LogP contribution in [-0.4, -0.2) is 43.6 Å². The van der Waals surface area contributed by atoms with Crippen molar-refractivity contribution in [3.05, 3.63) is 0 Å². The summed E-state index contributed by atoms with van der Waals surface area (Å²) >= 11 is 2.47. The van der Waals surface area contributed by atoms with Crippen molar-refractivity contribution in [3.63, 3.8) is 0 Å². The minimum atomic E-state index is 0.108. The first-order valence-corrected chi connectivity index (χ1v) is 8.93. The normalized spacial score (nSPS) is 27.9. The monoisotopic (exact) mass is 384 g/mol. The van der Waals surface area contributed by atoms with E-state index in [1.807, 2.05) is 0 Å². The Labute approximate surface area is 131 Å². The van der Waals surface area contributed by atoms with Gasteiger partial charge in [-0.2, -0.15) is 0 Å². The fourth-order valence-corrected chi connectivity index (χ4v) is 3.69. The minimum Gasteiger partial charge on any atom is -0.382 e. The lowest BCUT2D eigenvalue weighted by atomic mass is 9.75. The molecule has 114 valence electrons. The van der Waals surface area contributed by atoms with Crippen LogP contribution in [-0.2, 0) is 14.2 Å². The third kappa shape index (κ3) is 6.27.